The second kappa shape index (κ2) is 12.3. The van der Waals surface area contributed by atoms with E-state index in [0.29, 0.717) is 24.7 Å². The van der Waals surface area contributed by atoms with Crippen LogP contribution in [0.1, 0.15) is 60.8 Å². The van der Waals surface area contributed by atoms with Crippen LogP contribution in [0.25, 0.3) is 0 Å². The van der Waals surface area contributed by atoms with Gasteiger partial charge in [-0.05, 0) is 49.9 Å². The Balaban J connectivity index is 1.54. The number of ether oxygens (including phenoxy) is 4. The highest BCUT2D eigenvalue weighted by molar-refractivity contribution is 5.60. The van der Waals surface area contributed by atoms with Gasteiger partial charge in [0.05, 0.1) is 24.3 Å². The van der Waals surface area contributed by atoms with Crippen molar-refractivity contribution in [1.29, 1.82) is 0 Å². The van der Waals surface area contributed by atoms with Crippen LogP contribution in [0.3, 0.4) is 0 Å². The molecule has 2 unspecified atom stereocenters. The van der Waals surface area contributed by atoms with E-state index in [1.165, 1.54) is 0 Å². The molecule has 2 fully saturated rings. The molecular weight excluding hydrogens is 448 g/mol. The molecule has 2 atom stereocenters. The lowest BCUT2D eigenvalue weighted by Crippen LogP contribution is -2.26. The maximum absolute atomic E-state index is 6.33. The van der Waals surface area contributed by atoms with Gasteiger partial charge < -0.3 is 18.9 Å². The van der Waals surface area contributed by atoms with E-state index >= 15 is 0 Å². The van der Waals surface area contributed by atoms with Gasteiger partial charge >= 0.3 is 0 Å². The lowest BCUT2D eigenvalue weighted by molar-refractivity contribution is -0.107. The normalized spacial score (nSPS) is 19.2. The molecule has 0 bridgehead atoms. The van der Waals surface area contributed by atoms with Crippen LogP contribution in [-0.4, -0.2) is 25.8 Å². The summed E-state index contributed by atoms with van der Waals surface area (Å²) < 4.78 is 24.4. The number of rotatable bonds is 4. The molecule has 3 aromatic rings. The smallest absolute Gasteiger partial charge is 0.199 e. The van der Waals surface area contributed by atoms with Crippen molar-refractivity contribution in [3.8, 4) is 35.2 Å². The zero-order valence-corrected chi connectivity index (χ0v) is 20.4. The third kappa shape index (κ3) is 6.70. The Hall–Kier alpha value is -3.70. The van der Waals surface area contributed by atoms with Crippen molar-refractivity contribution in [2.75, 3.05) is 13.2 Å². The van der Waals surface area contributed by atoms with E-state index in [9.17, 15) is 0 Å². The quantitative estimate of drug-likeness (QED) is 0.413. The molecule has 0 aromatic heterocycles. The summed E-state index contributed by atoms with van der Waals surface area (Å²) in [5.74, 6) is 14.4. The second-order valence-electron chi connectivity index (χ2n) is 8.90. The molecule has 2 saturated heterocycles. The van der Waals surface area contributed by atoms with E-state index in [2.05, 4.69) is 23.7 Å². The first-order valence-electron chi connectivity index (χ1n) is 12.7. The molecule has 0 saturated carbocycles. The van der Waals surface area contributed by atoms with E-state index in [-0.39, 0.29) is 12.6 Å². The number of benzene rings is 3. The van der Waals surface area contributed by atoms with Crippen LogP contribution in [0.2, 0.25) is 0 Å². The van der Waals surface area contributed by atoms with Crippen molar-refractivity contribution in [3.05, 3.63) is 95.1 Å². The molecular formula is C32H30O4. The highest BCUT2D eigenvalue weighted by Gasteiger charge is 2.21. The summed E-state index contributed by atoms with van der Waals surface area (Å²) in [6, 6.07) is 23.7. The lowest BCUT2D eigenvalue weighted by atomic mass is 10.1. The molecule has 5 rings (SSSR count). The molecule has 0 aliphatic carbocycles. The molecule has 0 spiro atoms. The molecule has 2 aliphatic heterocycles. The van der Waals surface area contributed by atoms with Crippen molar-refractivity contribution in [1.82, 2.24) is 0 Å². The molecule has 2 aliphatic rings. The van der Waals surface area contributed by atoms with Gasteiger partial charge in [0.25, 0.3) is 0 Å². The van der Waals surface area contributed by atoms with Crippen LogP contribution in [0.15, 0.2) is 72.8 Å². The summed E-state index contributed by atoms with van der Waals surface area (Å²) in [7, 11) is 0. The molecule has 2 heterocycles. The van der Waals surface area contributed by atoms with Crippen LogP contribution in [-0.2, 0) is 9.47 Å². The molecule has 3 aromatic carbocycles. The average Bonchev–Trinajstić information content (AvgIpc) is 2.94. The first kappa shape index (κ1) is 24.0. The maximum Gasteiger partial charge on any atom is 0.199 e. The van der Waals surface area contributed by atoms with Crippen molar-refractivity contribution in [3.63, 3.8) is 0 Å². The SMILES string of the molecule is C(#Cc1cc(OC2CCCCO2)c(C#Cc2ccccc2)cc1OC1CCCCO1)c1ccccc1. The zero-order chi connectivity index (χ0) is 24.4. The van der Waals surface area contributed by atoms with Crippen LogP contribution in [0, 0.1) is 23.7 Å². The fourth-order valence-corrected chi connectivity index (χ4v) is 4.16. The van der Waals surface area contributed by atoms with E-state index in [4.69, 9.17) is 18.9 Å². The summed E-state index contributed by atoms with van der Waals surface area (Å²) in [4.78, 5) is 0. The van der Waals surface area contributed by atoms with Crippen LogP contribution >= 0.6 is 0 Å². The topological polar surface area (TPSA) is 36.9 Å². The summed E-state index contributed by atoms with van der Waals surface area (Å²) in [5, 5.41) is 0. The van der Waals surface area contributed by atoms with Gasteiger partial charge in [-0.3, -0.25) is 0 Å². The van der Waals surface area contributed by atoms with Crippen molar-refractivity contribution in [2.45, 2.75) is 51.1 Å². The van der Waals surface area contributed by atoms with Gasteiger partial charge in [-0.15, -0.1) is 0 Å². The van der Waals surface area contributed by atoms with Gasteiger partial charge in [0.15, 0.2) is 12.6 Å². The van der Waals surface area contributed by atoms with Gasteiger partial charge in [-0.2, -0.15) is 0 Å². The fourth-order valence-electron chi connectivity index (χ4n) is 4.16. The minimum Gasteiger partial charge on any atom is -0.464 e. The Bertz CT molecular complexity index is 1150. The summed E-state index contributed by atoms with van der Waals surface area (Å²) >= 11 is 0. The lowest BCUT2D eigenvalue weighted by Gasteiger charge is -2.26. The second-order valence-corrected chi connectivity index (χ2v) is 8.90. The molecule has 0 N–H and O–H groups in total. The van der Waals surface area contributed by atoms with Crippen LogP contribution in [0.5, 0.6) is 11.5 Å². The molecule has 0 radical (unpaired) electrons. The monoisotopic (exact) mass is 478 g/mol. The number of hydrogen-bond donors (Lipinski definition) is 0. The van der Waals surface area contributed by atoms with E-state index in [0.717, 1.165) is 60.8 Å². The Kier molecular flexibility index (Phi) is 8.22. The van der Waals surface area contributed by atoms with E-state index in [1.807, 2.05) is 72.8 Å². The average molecular weight is 479 g/mol. The standard InChI is InChI=1S/C32H30O4/c1-3-11-25(12-4-1)17-19-27-23-30(36-32-16-8-10-22-34-32)28(20-18-26-13-5-2-6-14-26)24-29(27)35-31-15-7-9-21-33-31/h1-6,11-14,23-24,31-32H,7-10,15-16,21-22H2. The molecule has 4 nitrogen and oxygen atoms in total. The largest absolute Gasteiger partial charge is 0.464 e. The minimum absolute atomic E-state index is 0.292. The molecule has 4 heteroatoms. The summed E-state index contributed by atoms with van der Waals surface area (Å²) in [5.41, 5.74) is 3.35. The van der Waals surface area contributed by atoms with Crippen molar-refractivity contribution in [2.24, 2.45) is 0 Å². The van der Waals surface area contributed by atoms with Crippen molar-refractivity contribution >= 4 is 0 Å². The third-order valence-electron chi connectivity index (χ3n) is 6.11. The van der Waals surface area contributed by atoms with Gasteiger partial charge in [0.2, 0.25) is 0 Å². The predicted molar refractivity (Wildman–Crippen MR) is 140 cm³/mol. The predicted octanol–water partition coefficient (Wildman–Crippen LogP) is 6.30. The van der Waals surface area contributed by atoms with Crippen molar-refractivity contribution < 1.29 is 18.9 Å². The van der Waals surface area contributed by atoms with E-state index in [1.54, 1.807) is 0 Å². The zero-order valence-electron chi connectivity index (χ0n) is 20.4. The Morgan fingerprint density at radius 2 is 1.00 bits per heavy atom. The fraction of sp³-hybridized carbons (Fsp3) is 0.312. The van der Waals surface area contributed by atoms with Gasteiger partial charge in [0, 0.05) is 36.1 Å². The summed E-state index contributed by atoms with van der Waals surface area (Å²) in [6.45, 7) is 1.41. The molecule has 0 amide bonds. The first-order chi connectivity index (χ1) is 17.8. The van der Waals surface area contributed by atoms with Gasteiger partial charge in [0.1, 0.15) is 11.5 Å². The third-order valence-corrected chi connectivity index (χ3v) is 6.11. The maximum atomic E-state index is 6.33. The molecule has 182 valence electrons. The Morgan fingerprint density at radius 1 is 0.556 bits per heavy atom. The highest BCUT2D eigenvalue weighted by atomic mass is 16.7. The van der Waals surface area contributed by atoms with E-state index < -0.39 is 0 Å². The Labute approximate surface area is 213 Å². The van der Waals surface area contributed by atoms with Gasteiger partial charge in [-0.1, -0.05) is 60.1 Å². The first-order valence-corrected chi connectivity index (χ1v) is 12.7. The minimum atomic E-state index is -0.292. The molecule has 36 heavy (non-hydrogen) atoms. The summed E-state index contributed by atoms with van der Waals surface area (Å²) in [6.07, 6.45) is 5.40. The number of hydrogen-bond acceptors (Lipinski definition) is 4. The van der Waals surface area contributed by atoms with Gasteiger partial charge in [-0.25, -0.2) is 0 Å². The highest BCUT2D eigenvalue weighted by Crippen LogP contribution is 2.32. The van der Waals surface area contributed by atoms with Crippen LogP contribution in [0.4, 0.5) is 0 Å². The Morgan fingerprint density at radius 3 is 1.39 bits per heavy atom. The van der Waals surface area contributed by atoms with Crippen LogP contribution < -0.4 is 9.47 Å².